The van der Waals surface area contributed by atoms with Crippen LogP contribution < -0.4 is 10.1 Å². The molecular formula is C17H22N2O5. The number of ether oxygens (including phenoxy) is 3. The highest BCUT2D eigenvalue weighted by atomic mass is 16.6. The number of morpholine rings is 1. The molecule has 1 N–H and O–H groups in total. The standard InChI is InChI=1S/C17H22N2O5/c1-11-8-19(9-15(24-11)16(20)22-2)17(21)18-13-7-12-5-3-4-6-14(12)23-10-13/h3-6,11,13,15H,7-10H2,1-2H3,(H,18,21)/t11-,13-,15-/m1/s1. The maximum absolute atomic E-state index is 12.5. The van der Waals surface area contributed by atoms with Gasteiger partial charge in [0.05, 0.1) is 25.8 Å². The zero-order valence-electron chi connectivity index (χ0n) is 13.9. The second kappa shape index (κ2) is 7.09. The Morgan fingerprint density at radius 1 is 1.29 bits per heavy atom. The Hall–Kier alpha value is -2.28. The van der Waals surface area contributed by atoms with Gasteiger partial charge >= 0.3 is 12.0 Å². The van der Waals surface area contributed by atoms with Crippen molar-refractivity contribution in [3.63, 3.8) is 0 Å². The van der Waals surface area contributed by atoms with E-state index in [2.05, 4.69) is 5.32 Å². The number of carbonyl (C=O) groups is 2. The van der Waals surface area contributed by atoms with Crippen LogP contribution in [0, 0.1) is 0 Å². The van der Waals surface area contributed by atoms with Gasteiger partial charge in [-0.3, -0.25) is 0 Å². The zero-order valence-corrected chi connectivity index (χ0v) is 13.9. The van der Waals surface area contributed by atoms with E-state index in [1.807, 2.05) is 31.2 Å². The lowest BCUT2D eigenvalue weighted by Gasteiger charge is -2.36. The Bertz CT molecular complexity index is 621. The van der Waals surface area contributed by atoms with E-state index in [0.29, 0.717) is 13.2 Å². The van der Waals surface area contributed by atoms with Crippen LogP contribution in [0.15, 0.2) is 24.3 Å². The number of urea groups is 1. The molecule has 1 aromatic rings. The van der Waals surface area contributed by atoms with Gasteiger partial charge in [-0.15, -0.1) is 0 Å². The molecule has 0 spiro atoms. The number of esters is 1. The number of carbonyl (C=O) groups excluding carboxylic acids is 2. The van der Waals surface area contributed by atoms with Crippen molar-refractivity contribution in [3.8, 4) is 5.75 Å². The average molecular weight is 334 g/mol. The number of hydrogen-bond acceptors (Lipinski definition) is 5. The normalized spacial score (nSPS) is 26.1. The van der Waals surface area contributed by atoms with E-state index < -0.39 is 12.1 Å². The molecule has 2 amide bonds. The average Bonchev–Trinajstić information content (AvgIpc) is 2.60. The number of methoxy groups -OCH3 is 1. The van der Waals surface area contributed by atoms with E-state index in [1.165, 1.54) is 7.11 Å². The summed E-state index contributed by atoms with van der Waals surface area (Å²) in [6.45, 7) is 2.88. The number of nitrogens with one attached hydrogen (secondary N) is 1. The van der Waals surface area contributed by atoms with Crippen LogP contribution in [-0.2, 0) is 20.7 Å². The maximum atomic E-state index is 12.5. The van der Waals surface area contributed by atoms with Crippen molar-refractivity contribution < 1.29 is 23.8 Å². The van der Waals surface area contributed by atoms with E-state index in [-0.39, 0.29) is 24.7 Å². The highest BCUT2D eigenvalue weighted by molar-refractivity contribution is 5.78. The molecule has 3 atom stereocenters. The van der Waals surface area contributed by atoms with E-state index in [0.717, 1.165) is 17.7 Å². The molecule has 0 aromatic heterocycles. The molecule has 0 radical (unpaired) electrons. The van der Waals surface area contributed by atoms with Gasteiger partial charge in [-0.05, 0) is 25.0 Å². The maximum Gasteiger partial charge on any atom is 0.336 e. The number of para-hydroxylation sites is 1. The van der Waals surface area contributed by atoms with Gasteiger partial charge in [0.1, 0.15) is 12.4 Å². The fraction of sp³-hybridized carbons (Fsp3) is 0.529. The van der Waals surface area contributed by atoms with Gasteiger partial charge in [-0.2, -0.15) is 0 Å². The Morgan fingerprint density at radius 3 is 2.88 bits per heavy atom. The first-order valence-electron chi connectivity index (χ1n) is 8.06. The fourth-order valence-corrected chi connectivity index (χ4v) is 3.07. The van der Waals surface area contributed by atoms with Crippen molar-refractivity contribution in [1.82, 2.24) is 10.2 Å². The SMILES string of the molecule is COC(=O)[C@H]1CN(C(=O)N[C@H]2COc3ccccc3C2)C[C@@H](C)O1. The summed E-state index contributed by atoms with van der Waals surface area (Å²) in [6.07, 6.45) is -0.243. The molecule has 3 rings (SSSR count). The van der Waals surface area contributed by atoms with E-state index >= 15 is 0 Å². The van der Waals surface area contributed by atoms with E-state index in [4.69, 9.17) is 14.2 Å². The molecule has 1 saturated heterocycles. The summed E-state index contributed by atoms with van der Waals surface area (Å²) >= 11 is 0. The van der Waals surface area contributed by atoms with Gasteiger partial charge in [0.15, 0.2) is 6.10 Å². The number of fused-ring (bicyclic) bond motifs is 1. The molecule has 1 aromatic carbocycles. The quantitative estimate of drug-likeness (QED) is 0.815. The smallest absolute Gasteiger partial charge is 0.336 e. The molecule has 0 saturated carbocycles. The minimum atomic E-state index is -0.743. The lowest BCUT2D eigenvalue weighted by molar-refractivity contribution is -0.164. The largest absolute Gasteiger partial charge is 0.491 e. The zero-order chi connectivity index (χ0) is 17.1. The van der Waals surface area contributed by atoms with Gasteiger partial charge in [-0.1, -0.05) is 18.2 Å². The van der Waals surface area contributed by atoms with Crippen LogP contribution in [-0.4, -0.2) is 62.0 Å². The Labute approximate surface area is 140 Å². The summed E-state index contributed by atoms with van der Waals surface area (Å²) in [6, 6.07) is 7.50. The third kappa shape index (κ3) is 3.62. The summed E-state index contributed by atoms with van der Waals surface area (Å²) in [4.78, 5) is 25.8. The topological polar surface area (TPSA) is 77.1 Å². The highest BCUT2D eigenvalue weighted by Gasteiger charge is 2.34. The van der Waals surface area contributed by atoms with Crippen LogP contribution in [0.2, 0.25) is 0 Å². The molecule has 0 bridgehead atoms. The minimum absolute atomic E-state index is 0.0953. The Kier molecular flexibility index (Phi) is 4.89. The first-order valence-corrected chi connectivity index (χ1v) is 8.06. The number of amides is 2. The predicted octanol–water partition coefficient (Wildman–Crippen LogP) is 0.962. The molecule has 1 fully saturated rings. The third-order valence-corrected chi connectivity index (χ3v) is 4.22. The van der Waals surface area contributed by atoms with Gasteiger partial charge in [0, 0.05) is 6.54 Å². The summed E-state index contributed by atoms with van der Waals surface area (Å²) < 4.78 is 15.9. The predicted molar refractivity (Wildman–Crippen MR) is 85.9 cm³/mol. The third-order valence-electron chi connectivity index (χ3n) is 4.22. The number of nitrogens with zero attached hydrogens (tertiary/aromatic N) is 1. The molecule has 7 heteroatoms. The van der Waals surface area contributed by atoms with Gasteiger partial charge in [0.25, 0.3) is 0 Å². The van der Waals surface area contributed by atoms with Crippen molar-refractivity contribution in [2.75, 3.05) is 26.8 Å². The lowest BCUT2D eigenvalue weighted by atomic mass is 10.0. The fourth-order valence-electron chi connectivity index (χ4n) is 3.07. The first-order chi connectivity index (χ1) is 11.6. The molecule has 7 nitrogen and oxygen atoms in total. The summed E-state index contributed by atoms with van der Waals surface area (Å²) in [5, 5.41) is 2.98. The van der Waals surface area contributed by atoms with Crippen molar-refractivity contribution in [2.45, 2.75) is 31.6 Å². The van der Waals surface area contributed by atoms with Gasteiger partial charge in [-0.25, -0.2) is 9.59 Å². The van der Waals surface area contributed by atoms with E-state index in [1.54, 1.807) is 4.90 Å². The minimum Gasteiger partial charge on any atom is -0.491 e. The van der Waals surface area contributed by atoms with E-state index in [9.17, 15) is 9.59 Å². The Morgan fingerprint density at radius 2 is 2.08 bits per heavy atom. The van der Waals surface area contributed by atoms with Gasteiger partial charge < -0.3 is 24.4 Å². The molecule has 0 unspecified atom stereocenters. The van der Waals surface area contributed by atoms with Crippen LogP contribution in [0.5, 0.6) is 5.75 Å². The van der Waals surface area contributed by atoms with Crippen molar-refractivity contribution in [1.29, 1.82) is 0 Å². The van der Waals surface area contributed by atoms with Crippen LogP contribution in [0.3, 0.4) is 0 Å². The molecule has 2 aliphatic heterocycles. The molecule has 2 aliphatic rings. The number of hydrogen-bond donors (Lipinski definition) is 1. The number of benzene rings is 1. The van der Waals surface area contributed by atoms with Crippen LogP contribution in [0.4, 0.5) is 4.79 Å². The highest BCUT2D eigenvalue weighted by Crippen LogP contribution is 2.24. The molecule has 130 valence electrons. The molecule has 0 aliphatic carbocycles. The van der Waals surface area contributed by atoms with Crippen molar-refractivity contribution in [2.24, 2.45) is 0 Å². The van der Waals surface area contributed by atoms with Crippen LogP contribution >= 0.6 is 0 Å². The van der Waals surface area contributed by atoms with Gasteiger partial charge in [0.2, 0.25) is 0 Å². The Balaban J connectivity index is 1.59. The second-order valence-corrected chi connectivity index (χ2v) is 6.13. The lowest BCUT2D eigenvalue weighted by Crippen LogP contribution is -2.57. The summed E-state index contributed by atoms with van der Waals surface area (Å²) in [5.74, 6) is 0.406. The second-order valence-electron chi connectivity index (χ2n) is 6.13. The van der Waals surface area contributed by atoms with Crippen LogP contribution in [0.1, 0.15) is 12.5 Å². The monoisotopic (exact) mass is 334 g/mol. The summed E-state index contributed by atoms with van der Waals surface area (Å²) in [7, 11) is 1.31. The molecule has 24 heavy (non-hydrogen) atoms. The molecular weight excluding hydrogens is 312 g/mol. The summed E-state index contributed by atoms with van der Waals surface area (Å²) in [5.41, 5.74) is 1.08. The first kappa shape index (κ1) is 16.6. The van der Waals surface area contributed by atoms with Crippen LogP contribution in [0.25, 0.3) is 0 Å². The van der Waals surface area contributed by atoms with Crippen molar-refractivity contribution >= 4 is 12.0 Å². The number of rotatable bonds is 2. The van der Waals surface area contributed by atoms with Crippen molar-refractivity contribution in [3.05, 3.63) is 29.8 Å². The molecule has 2 heterocycles.